The first-order valence-electron chi connectivity index (χ1n) is 15.1. The molecule has 0 fully saturated rings. The van der Waals surface area contributed by atoms with Crippen LogP contribution in [0.4, 0.5) is 4.39 Å². The molecule has 4 aromatic carbocycles. The second kappa shape index (κ2) is 16.2. The molecule has 1 heterocycles. The number of hydrogen-bond donors (Lipinski definition) is 3. The fourth-order valence-electron chi connectivity index (χ4n) is 5.34. The first-order chi connectivity index (χ1) is 22.9. The lowest BCUT2D eigenvalue weighted by Gasteiger charge is -2.32. The van der Waals surface area contributed by atoms with Gasteiger partial charge in [0.1, 0.15) is 11.6 Å². The number of amides is 1. The molecule has 4 aromatic rings. The summed E-state index contributed by atoms with van der Waals surface area (Å²) < 4.78 is 26.5. The fraction of sp³-hybridized carbons (Fsp3) is 0.257. The molecule has 1 amide bonds. The summed E-state index contributed by atoms with van der Waals surface area (Å²) in [7, 11) is 0. The molecule has 0 bridgehead atoms. The molecule has 2 atom stereocenters. The highest BCUT2D eigenvalue weighted by Gasteiger charge is 2.54. The third-order valence-electron chi connectivity index (χ3n) is 7.74. The number of rotatable bonds is 15. The number of nitrogens with one attached hydrogen (secondary N) is 2. The van der Waals surface area contributed by atoms with Crippen LogP contribution in [0.3, 0.4) is 0 Å². The highest BCUT2D eigenvalue weighted by Crippen LogP contribution is 2.44. The molecule has 0 radical (unpaired) electrons. The van der Waals surface area contributed by atoms with Crippen LogP contribution >= 0.6 is 15.9 Å². The minimum atomic E-state index is -1.50. The largest absolute Gasteiger partial charge is 0.494 e. The van der Waals surface area contributed by atoms with Gasteiger partial charge in [-0.25, -0.2) is 14.8 Å². The minimum absolute atomic E-state index is 0.0358. The van der Waals surface area contributed by atoms with Crippen LogP contribution in [-0.4, -0.2) is 42.2 Å². The van der Waals surface area contributed by atoms with E-state index in [-0.39, 0.29) is 31.3 Å². The van der Waals surface area contributed by atoms with Crippen molar-refractivity contribution in [2.45, 2.75) is 37.5 Å². The van der Waals surface area contributed by atoms with Crippen molar-refractivity contribution in [1.29, 1.82) is 0 Å². The zero-order chi connectivity index (χ0) is 33.1. The Kier molecular flexibility index (Phi) is 11.6. The van der Waals surface area contributed by atoms with Gasteiger partial charge in [0.15, 0.2) is 11.6 Å². The molecule has 0 saturated carbocycles. The molecular weight excluding hydrogens is 667 g/mol. The summed E-state index contributed by atoms with van der Waals surface area (Å²) in [5.41, 5.74) is 17.2. The van der Waals surface area contributed by atoms with Gasteiger partial charge in [0.05, 0.1) is 13.2 Å². The van der Waals surface area contributed by atoms with E-state index in [2.05, 4.69) is 36.8 Å². The van der Waals surface area contributed by atoms with Crippen molar-refractivity contribution in [3.8, 4) is 5.75 Å². The number of nitrogens with zero attached hydrogens (tertiary/aromatic N) is 4. The van der Waals surface area contributed by atoms with Gasteiger partial charge in [0, 0.05) is 40.9 Å². The van der Waals surface area contributed by atoms with Gasteiger partial charge < -0.3 is 14.6 Å². The van der Waals surface area contributed by atoms with Gasteiger partial charge in [-0.05, 0) is 76.7 Å². The Morgan fingerprint density at radius 2 is 1.77 bits per heavy atom. The van der Waals surface area contributed by atoms with E-state index < -0.39 is 17.6 Å². The number of ether oxygens (including phenoxy) is 2. The van der Waals surface area contributed by atoms with E-state index in [1.165, 1.54) is 12.1 Å². The molecule has 1 aliphatic rings. The second-order valence-electron chi connectivity index (χ2n) is 10.9. The molecule has 0 saturated heterocycles. The van der Waals surface area contributed by atoms with Crippen molar-refractivity contribution in [1.82, 2.24) is 10.9 Å². The van der Waals surface area contributed by atoms with E-state index in [1.54, 1.807) is 24.3 Å². The quantitative estimate of drug-likeness (QED) is 0.0426. The Bertz CT molecular complexity index is 1750. The molecule has 0 spiro atoms. The number of hydrazine groups is 1. The van der Waals surface area contributed by atoms with Gasteiger partial charge in [0.2, 0.25) is 5.90 Å². The van der Waals surface area contributed by atoms with Gasteiger partial charge in [-0.2, -0.15) is 0 Å². The van der Waals surface area contributed by atoms with Crippen LogP contribution in [0.1, 0.15) is 40.3 Å². The predicted molar refractivity (Wildman–Crippen MR) is 180 cm³/mol. The molecule has 0 unspecified atom stereocenters. The van der Waals surface area contributed by atoms with Crippen molar-refractivity contribution in [2.75, 3.05) is 19.8 Å². The van der Waals surface area contributed by atoms with Crippen LogP contribution in [0.5, 0.6) is 5.75 Å². The summed E-state index contributed by atoms with van der Waals surface area (Å²) >= 11 is 3.64. The van der Waals surface area contributed by atoms with Crippen molar-refractivity contribution in [3.63, 3.8) is 0 Å². The Morgan fingerprint density at radius 3 is 2.49 bits per heavy atom. The summed E-state index contributed by atoms with van der Waals surface area (Å²) in [5, 5.41) is 12.9. The molecule has 12 heteroatoms. The molecule has 10 nitrogen and oxygen atoms in total. The summed E-state index contributed by atoms with van der Waals surface area (Å²) in [6.45, 7) is 0.856. The normalized spacial score (nSPS) is 16.9. The molecule has 3 N–H and O–H groups in total. The lowest BCUT2D eigenvalue weighted by atomic mass is 9.80. The zero-order valence-corrected chi connectivity index (χ0v) is 27.1. The summed E-state index contributed by atoms with van der Waals surface area (Å²) in [4.78, 5) is 22.5. The van der Waals surface area contributed by atoms with Gasteiger partial charge in [-0.15, -0.1) is 0 Å². The number of carbonyl (C=O) groups is 1. The second-order valence-corrected chi connectivity index (χ2v) is 11.8. The highest BCUT2D eigenvalue weighted by molar-refractivity contribution is 9.10. The standard InChI is InChI=1S/C35H34BrFN6O4/c36-31-9-4-2-6-26(31)22-35(34(45)42-39-19-18-24-10-14-28(37)15-11-24)32(30-8-3-1-7-27(30)23-40-43-38)47-33(41-35)25-12-16-29(17-13-25)46-21-5-20-44/h1-4,6-17,32,39,44H,5,18-23H2,(H,42,45)/t32-,35-/m0/s1. The van der Waals surface area contributed by atoms with Gasteiger partial charge in [0.25, 0.3) is 5.91 Å². The molecule has 0 aromatic heterocycles. The van der Waals surface area contributed by atoms with Crippen LogP contribution in [0.15, 0.2) is 112 Å². The van der Waals surface area contributed by atoms with Crippen LogP contribution in [0, 0.1) is 5.82 Å². The van der Waals surface area contributed by atoms with E-state index >= 15 is 0 Å². The maximum Gasteiger partial charge on any atom is 0.266 e. The Balaban J connectivity index is 1.53. The molecule has 242 valence electrons. The third kappa shape index (κ3) is 8.35. The number of hydrogen-bond acceptors (Lipinski definition) is 7. The van der Waals surface area contributed by atoms with Gasteiger partial charge in [-0.1, -0.05) is 75.6 Å². The van der Waals surface area contributed by atoms with Crippen LogP contribution in [0.25, 0.3) is 10.4 Å². The van der Waals surface area contributed by atoms with Crippen LogP contribution in [-0.2, 0) is 28.9 Å². The van der Waals surface area contributed by atoms with Crippen molar-refractivity contribution < 1.29 is 23.8 Å². The maximum absolute atomic E-state index is 14.5. The number of halogens is 2. The molecule has 0 aliphatic carbocycles. The predicted octanol–water partition coefficient (Wildman–Crippen LogP) is 6.52. The van der Waals surface area contributed by atoms with E-state index in [0.717, 1.165) is 15.6 Å². The lowest BCUT2D eigenvalue weighted by molar-refractivity contribution is -0.130. The number of aliphatic hydroxyl groups excluding tert-OH is 1. The monoisotopic (exact) mass is 700 g/mol. The number of aliphatic imine (C=N–C) groups is 1. The number of aliphatic hydroxyl groups is 1. The van der Waals surface area contributed by atoms with Crippen molar-refractivity contribution >= 4 is 27.7 Å². The van der Waals surface area contributed by atoms with Crippen molar-refractivity contribution in [3.05, 3.63) is 146 Å². The van der Waals surface area contributed by atoms with E-state index in [4.69, 9.17) is 25.1 Å². The minimum Gasteiger partial charge on any atom is -0.494 e. The number of carbonyl (C=O) groups excluding carboxylic acids is 1. The lowest BCUT2D eigenvalue weighted by Crippen LogP contribution is -2.54. The molecule has 1 aliphatic heterocycles. The van der Waals surface area contributed by atoms with Crippen LogP contribution in [0.2, 0.25) is 0 Å². The maximum atomic E-state index is 14.5. The van der Waals surface area contributed by atoms with E-state index in [9.17, 15) is 9.18 Å². The average molecular weight is 702 g/mol. The van der Waals surface area contributed by atoms with Gasteiger partial charge >= 0.3 is 0 Å². The Hall–Kier alpha value is -4.74. The third-order valence-corrected chi connectivity index (χ3v) is 8.52. The Morgan fingerprint density at radius 1 is 1.04 bits per heavy atom. The zero-order valence-electron chi connectivity index (χ0n) is 25.5. The summed E-state index contributed by atoms with van der Waals surface area (Å²) in [5.74, 6) is 0.160. The first-order valence-corrected chi connectivity index (χ1v) is 15.9. The fourth-order valence-corrected chi connectivity index (χ4v) is 5.77. The summed E-state index contributed by atoms with van der Waals surface area (Å²) in [6.07, 6.45) is 0.341. The van der Waals surface area contributed by atoms with Crippen LogP contribution < -0.4 is 15.6 Å². The molecule has 5 rings (SSSR count). The number of azide groups is 1. The SMILES string of the molecule is [N-]=[N+]=NCc1ccccc1[C@@H]1OC(c2ccc(OCCCO)cc2)=N[C@]1(Cc1ccccc1Br)C(=O)NNCCc1ccc(F)cc1. The average Bonchev–Trinajstić information content (AvgIpc) is 3.48. The molecule has 47 heavy (non-hydrogen) atoms. The van der Waals surface area contributed by atoms with E-state index in [0.29, 0.717) is 48.4 Å². The van der Waals surface area contributed by atoms with Crippen molar-refractivity contribution in [2.24, 2.45) is 10.1 Å². The number of benzene rings is 4. The topological polar surface area (TPSA) is 141 Å². The molecular formula is C35H34BrFN6O4. The first kappa shape index (κ1) is 33.6. The van der Waals surface area contributed by atoms with Gasteiger partial charge in [-0.3, -0.25) is 10.2 Å². The van der Waals surface area contributed by atoms with E-state index in [1.807, 2.05) is 60.7 Å². The highest BCUT2D eigenvalue weighted by atomic mass is 79.9. The smallest absolute Gasteiger partial charge is 0.266 e. The summed E-state index contributed by atoms with van der Waals surface area (Å²) in [6, 6.07) is 28.4. The Labute approximate surface area is 280 Å².